The molecule has 0 atom stereocenters. The molecule has 1 heterocycles. The Balaban J connectivity index is 1.92. The van der Waals surface area contributed by atoms with Gasteiger partial charge >= 0.3 is 0 Å². The standard InChI is InChI=1S/C21H15N3O2/c1-14-9-19(20(12-23)21(25)24-14)15-7-4-8-18(10-15)26-13-17-6-3-2-5-16(17)11-22/h2-10H,13H2,1H3,(H,24,25). The van der Waals surface area contributed by atoms with Crippen molar-refractivity contribution in [1.82, 2.24) is 4.98 Å². The van der Waals surface area contributed by atoms with Crippen LogP contribution in [0.25, 0.3) is 11.1 Å². The number of aromatic amines is 1. The van der Waals surface area contributed by atoms with Gasteiger partial charge in [-0.1, -0.05) is 30.3 Å². The first-order chi connectivity index (χ1) is 12.6. The summed E-state index contributed by atoms with van der Waals surface area (Å²) in [6.45, 7) is 2.03. The van der Waals surface area contributed by atoms with Gasteiger partial charge in [0, 0.05) is 16.8 Å². The number of hydrogen-bond acceptors (Lipinski definition) is 4. The normalized spacial score (nSPS) is 9.96. The number of aryl methyl sites for hydroxylation is 1. The van der Waals surface area contributed by atoms with Crippen molar-refractivity contribution < 1.29 is 4.74 Å². The van der Waals surface area contributed by atoms with Crippen molar-refractivity contribution in [2.24, 2.45) is 0 Å². The topological polar surface area (TPSA) is 89.7 Å². The second kappa shape index (κ2) is 7.38. The maximum atomic E-state index is 12.0. The predicted octanol–water partition coefficient (Wildman–Crippen LogP) is 3.67. The SMILES string of the molecule is Cc1cc(-c2cccc(OCc3ccccc3C#N)c2)c(C#N)c(=O)[nH]1. The van der Waals surface area contributed by atoms with Crippen LogP contribution in [0.3, 0.4) is 0 Å². The molecule has 0 saturated carbocycles. The van der Waals surface area contributed by atoms with E-state index in [0.717, 1.165) is 11.1 Å². The highest BCUT2D eigenvalue weighted by Crippen LogP contribution is 2.26. The molecular weight excluding hydrogens is 326 g/mol. The molecule has 126 valence electrons. The summed E-state index contributed by atoms with van der Waals surface area (Å²) < 4.78 is 5.81. The first-order valence-corrected chi connectivity index (χ1v) is 7.97. The molecule has 0 amide bonds. The minimum absolute atomic E-state index is 0.0718. The zero-order chi connectivity index (χ0) is 18.5. The van der Waals surface area contributed by atoms with E-state index in [9.17, 15) is 10.1 Å². The van der Waals surface area contributed by atoms with Crippen LogP contribution >= 0.6 is 0 Å². The molecule has 0 unspecified atom stereocenters. The minimum Gasteiger partial charge on any atom is -0.489 e. The van der Waals surface area contributed by atoms with Gasteiger partial charge in [-0.05, 0) is 36.8 Å². The molecule has 3 aromatic rings. The second-order valence-electron chi connectivity index (χ2n) is 5.77. The summed E-state index contributed by atoms with van der Waals surface area (Å²) in [5.41, 5.74) is 3.00. The van der Waals surface area contributed by atoms with Crippen molar-refractivity contribution in [2.45, 2.75) is 13.5 Å². The third-order valence-corrected chi connectivity index (χ3v) is 3.96. The molecule has 0 fully saturated rings. The molecule has 0 aliphatic carbocycles. The van der Waals surface area contributed by atoms with Gasteiger partial charge in [0.25, 0.3) is 5.56 Å². The molecule has 5 heteroatoms. The maximum Gasteiger partial charge on any atom is 0.266 e. The van der Waals surface area contributed by atoms with E-state index in [4.69, 9.17) is 10.00 Å². The first kappa shape index (κ1) is 17.0. The van der Waals surface area contributed by atoms with E-state index in [1.54, 1.807) is 43.3 Å². The van der Waals surface area contributed by atoms with Crippen LogP contribution in [-0.2, 0) is 6.61 Å². The monoisotopic (exact) mass is 341 g/mol. The van der Waals surface area contributed by atoms with E-state index in [-0.39, 0.29) is 12.2 Å². The molecule has 0 aliphatic rings. The van der Waals surface area contributed by atoms with Crippen LogP contribution in [0.1, 0.15) is 22.4 Å². The number of rotatable bonds is 4. The summed E-state index contributed by atoms with van der Waals surface area (Å²) in [5.74, 6) is 0.595. The van der Waals surface area contributed by atoms with Gasteiger partial charge in [-0.3, -0.25) is 4.79 Å². The van der Waals surface area contributed by atoms with Crippen LogP contribution in [0.15, 0.2) is 59.4 Å². The molecular formula is C21H15N3O2. The molecule has 0 spiro atoms. The van der Waals surface area contributed by atoms with E-state index in [2.05, 4.69) is 11.1 Å². The van der Waals surface area contributed by atoms with Crippen LogP contribution in [0.2, 0.25) is 0 Å². The molecule has 26 heavy (non-hydrogen) atoms. The van der Waals surface area contributed by atoms with Crippen LogP contribution < -0.4 is 10.3 Å². The zero-order valence-electron chi connectivity index (χ0n) is 14.1. The molecule has 0 aliphatic heterocycles. The van der Waals surface area contributed by atoms with Gasteiger partial charge in [-0.15, -0.1) is 0 Å². The zero-order valence-corrected chi connectivity index (χ0v) is 14.1. The summed E-state index contributed by atoms with van der Waals surface area (Å²) in [4.78, 5) is 14.6. The number of aromatic nitrogens is 1. The summed E-state index contributed by atoms with van der Waals surface area (Å²) >= 11 is 0. The van der Waals surface area contributed by atoms with E-state index < -0.39 is 5.56 Å². The van der Waals surface area contributed by atoms with Crippen LogP contribution in [0.4, 0.5) is 0 Å². The van der Waals surface area contributed by atoms with Crippen LogP contribution in [-0.4, -0.2) is 4.98 Å². The van der Waals surface area contributed by atoms with E-state index >= 15 is 0 Å². The molecule has 0 saturated heterocycles. The molecule has 3 rings (SSSR count). The van der Waals surface area contributed by atoms with Crippen LogP contribution in [0, 0.1) is 29.6 Å². The minimum atomic E-state index is -0.406. The van der Waals surface area contributed by atoms with Crippen LogP contribution in [0.5, 0.6) is 5.75 Å². The number of hydrogen-bond donors (Lipinski definition) is 1. The van der Waals surface area contributed by atoms with Gasteiger partial charge < -0.3 is 9.72 Å². The van der Waals surface area contributed by atoms with Crippen molar-refractivity contribution in [1.29, 1.82) is 10.5 Å². The highest BCUT2D eigenvalue weighted by Gasteiger charge is 2.11. The van der Waals surface area contributed by atoms with Gasteiger partial charge in [0.15, 0.2) is 0 Å². The number of nitrogens with zero attached hydrogens (tertiary/aromatic N) is 2. The first-order valence-electron chi connectivity index (χ1n) is 7.97. The number of H-pyrrole nitrogens is 1. The largest absolute Gasteiger partial charge is 0.489 e. The van der Waals surface area contributed by atoms with E-state index in [0.29, 0.717) is 22.6 Å². The second-order valence-corrected chi connectivity index (χ2v) is 5.77. The third kappa shape index (κ3) is 3.48. The Kier molecular flexibility index (Phi) is 4.83. The smallest absolute Gasteiger partial charge is 0.266 e. The van der Waals surface area contributed by atoms with E-state index in [1.165, 1.54) is 0 Å². The number of benzene rings is 2. The summed E-state index contributed by atoms with van der Waals surface area (Å²) in [6.07, 6.45) is 0. The van der Waals surface area contributed by atoms with E-state index in [1.807, 2.05) is 24.3 Å². The summed E-state index contributed by atoms with van der Waals surface area (Å²) in [6, 6.07) is 20.3. The van der Waals surface area contributed by atoms with Crippen molar-refractivity contribution in [3.8, 4) is 29.0 Å². The van der Waals surface area contributed by atoms with Gasteiger partial charge in [-0.2, -0.15) is 10.5 Å². The Morgan fingerprint density at radius 3 is 2.62 bits per heavy atom. The molecule has 2 aromatic carbocycles. The fourth-order valence-electron chi connectivity index (χ4n) is 2.70. The molecule has 1 N–H and O–H groups in total. The van der Waals surface area contributed by atoms with Crippen molar-refractivity contribution in [3.05, 3.63) is 87.3 Å². The molecule has 0 bridgehead atoms. The highest BCUT2D eigenvalue weighted by atomic mass is 16.5. The predicted molar refractivity (Wildman–Crippen MR) is 97.4 cm³/mol. The van der Waals surface area contributed by atoms with Crippen molar-refractivity contribution in [2.75, 3.05) is 0 Å². The third-order valence-electron chi connectivity index (χ3n) is 3.96. The number of ether oxygens (including phenoxy) is 1. The quantitative estimate of drug-likeness (QED) is 0.784. The average Bonchev–Trinajstić information content (AvgIpc) is 2.66. The lowest BCUT2D eigenvalue weighted by Gasteiger charge is -2.10. The van der Waals surface area contributed by atoms with Crippen molar-refractivity contribution in [3.63, 3.8) is 0 Å². The van der Waals surface area contributed by atoms with Gasteiger partial charge in [-0.25, -0.2) is 0 Å². The lowest BCUT2D eigenvalue weighted by atomic mass is 10.0. The highest BCUT2D eigenvalue weighted by molar-refractivity contribution is 5.71. The Morgan fingerprint density at radius 1 is 1.04 bits per heavy atom. The Labute approximate surface area is 150 Å². The van der Waals surface area contributed by atoms with Crippen molar-refractivity contribution >= 4 is 0 Å². The summed E-state index contributed by atoms with van der Waals surface area (Å²) in [5, 5.41) is 18.4. The molecule has 1 aromatic heterocycles. The number of pyridine rings is 1. The Morgan fingerprint density at radius 2 is 1.85 bits per heavy atom. The number of nitrogens with one attached hydrogen (secondary N) is 1. The average molecular weight is 341 g/mol. The van der Waals surface area contributed by atoms with Gasteiger partial charge in [0.1, 0.15) is 24.0 Å². The fourth-order valence-corrected chi connectivity index (χ4v) is 2.70. The molecule has 0 radical (unpaired) electrons. The Bertz CT molecular complexity index is 1100. The fraction of sp³-hybridized carbons (Fsp3) is 0.0952. The lowest BCUT2D eigenvalue weighted by molar-refractivity contribution is 0.306. The lowest BCUT2D eigenvalue weighted by Crippen LogP contribution is -2.12. The maximum absolute atomic E-state index is 12.0. The van der Waals surface area contributed by atoms with Gasteiger partial charge in [0.2, 0.25) is 0 Å². The number of nitriles is 2. The van der Waals surface area contributed by atoms with Gasteiger partial charge in [0.05, 0.1) is 11.6 Å². The summed E-state index contributed by atoms with van der Waals surface area (Å²) in [7, 11) is 0. The molecule has 5 nitrogen and oxygen atoms in total. The Hall–Kier alpha value is -3.83.